The van der Waals surface area contributed by atoms with E-state index >= 15 is 0 Å². The predicted octanol–water partition coefficient (Wildman–Crippen LogP) is 4.24. The van der Waals surface area contributed by atoms with E-state index in [0.717, 1.165) is 5.56 Å². The van der Waals surface area contributed by atoms with Crippen LogP contribution in [0.15, 0.2) is 54.9 Å². The van der Waals surface area contributed by atoms with Crippen molar-refractivity contribution in [3.63, 3.8) is 0 Å². The first-order chi connectivity index (χ1) is 13.6. The van der Waals surface area contributed by atoms with Gasteiger partial charge in [-0.15, -0.1) is 0 Å². The minimum atomic E-state index is -0.421. The molecule has 144 valence electrons. The summed E-state index contributed by atoms with van der Waals surface area (Å²) in [5.41, 5.74) is 8.41. The number of ether oxygens (including phenoxy) is 1. The third kappa shape index (κ3) is 4.50. The Bertz CT molecular complexity index is 980. The Labute approximate surface area is 167 Å². The van der Waals surface area contributed by atoms with Crippen molar-refractivity contribution in [2.75, 3.05) is 23.0 Å². The van der Waals surface area contributed by atoms with E-state index in [0.29, 0.717) is 46.7 Å². The first-order valence-corrected chi connectivity index (χ1v) is 9.09. The highest BCUT2D eigenvalue weighted by atomic mass is 35.5. The largest absolute Gasteiger partial charge is 0.462 e. The number of esters is 1. The summed E-state index contributed by atoms with van der Waals surface area (Å²) in [6.07, 6.45) is 1.39. The molecule has 28 heavy (non-hydrogen) atoms. The van der Waals surface area contributed by atoms with E-state index < -0.39 is 5.97 Å². The fourth-order valence-corrected chi connectivity index (χ4v) is 2.77. The molecule has 0 aliphatic heterocycles. The van der Waals surface area contributed by atoms with Crippen LogP contribution in [0, 0.1) is 0 Å². The van der Waals surface area contributed by atoms with Crippen molar-refractivity contribution >= 4 is 40.6 Å². The molecule has 7 nitrogen and oxygen atoms in total. The molecule has 0 spiro atoms. The van der Waals surface area contributed by atoms with Crippen LogP contribution in [-0.2, 0) is 11.3 Å². The molecule has 0 saturated carbocycles. The van der Waals surface area contributed by atoms with Gasteiger partial charge in [-0.2, -0.15) is 0 Å². The number of carbonyl (C=O) groups is 1. The molecular formula is C20H20ClN5O2. The van der Waals surface area contributed by atoms with Crippen LogP contribution >= 0.6 is 11.6 Å². The van der Waals surface area contributed by atoms with Gasteiger partial charge in [-0.3, -0.25) is 0 Å². The summed E-state index contributed by atoms with van der Waals surface area (Å²) >= 11 is 6.18. The molecule has 2 aromatic carbocycles. The number of halogens is 1. The van der Waals surface area contributed by atoms with Crippen LogP contribution in [0.4, 0.5) is 23.0 Å². The highest BCUT2D eigenvalue weighted by molar-refractivity contribution is 6.31. The van der Waals surface area contributed by atoms with Gasteiger partial charge >= 0.3 is 5.97 Å². The lowest BCUT2D eigenvalue weighted by Crippen LogP contribution is -2.11. The molecule has 3 aromatic rings. The quantitative estimate of drug-likeness (QED) is 0.512. The second kappa shape index (κ2) is 9.05. The summed E-state index contributed by atoms with van der Waals surface area (Å²) < 4.78 is 5.09. The minimum absolute atomic E-state index is 0.291. The molecule has 0 radical (unpaired) electrons. The predicted molar refractivity (Wildman–Crippen MR) is 111 cm³/mol. The molecule has 0 saturated heterocycles. The van der Waals surface area contributed by atoms with Gasteiger partial charge in [0.1, 0.15) is 12.0 Å². The number of rotatable bonds is 7. The summed E-state index contributed by atoms with van der Waals surface area (Å²) in [5, 5.41) is 6.91. The number of hydrogen-bond acceptors (Lipinski definition) is 7. The van der Waals surface area contributed by atoms with Crippen molar-refractivity contribution in [1.29, 1.82) is 0 Å². The molecule has 0 bridgehead atoms. The topological polar surface area (TPSA) is 102 Å². The molecule has 0 unspecified atom stereocenters. The maximum atomic E-state index is 12.1. The monoisotopic (exact) mass is 397 g/mol. The fourth-order valence-electron chi connectivity index (χ4n) is 2.56. The van der Waals surface area contributed by atoms with E-state index in [-0.39, 0.29) is 0 Å². The third-order valence-electron chi connectivity index (χ3n) is 3.96. The Hall–Kier alpha value is -3.32. The first-order valence-electron chi connectivity index (χ1n) is 8.71. The van der Waals surface area contributed by atoms with Crippen molar-refractivity contribution in [2.24, 2.45) is 0 Å². The Balaban J connectivity index is 1.81. The number of nitrogen functional groups attached to an aromatic ring is 1. The summed E-state index contributed by atoms with van der Waals surface area (Å²) in [6, 6.07) is 14.5. The average molecular weight is 398 g/mol. The standard InChI is InChI=1S/C20H20ClN5O2/c1-2-28-20(27)14-8-4-6-10-16(14)26-19-17(22)18(24-12-25-19)23-11-13-7-3-5-9-15(13)21/h3-10,12H,2,11,22H2,1H3,(H2,23,24,25,26). The molecular weight excluding hydrogens is 378 g/mol. The van der Waals surface area contributed by atoms with Gasteiger partial charge in [0.15, 0.2) is 11.6 Å². The van der Waals surface area contributed by atoms with Crippen LogP contribution in [0.3, 0.4) is 0 Å². The van der Waals surface area contributed by atoms with Crippen LogP contribution in [-0.4, -0.2) is 22.5 Å². The van der Waals surface area contributed by atoms with Gasteiger partial charge in [-0.05, 0) is 30.7 Å². The number of nitrogens with two attached hydrogens (primary N) is 1. The van der Waals surface area contributed by atoms with Crippen LogP contribution in [0.2, 0.25) is 5.02 Å². The maximum Gasteiger partial charge on any atom is 0.340 e. The number of para-hydroxylation sites is 1. The van der Waals surface area contributed by atoms with Gasteiger partial charge < -0.3 is 21.1 Å². The zero-order valence-corrected chi connectivity index (χ0v) is 16.0. The van der Waals surface area contributed by atoms with Gasteiger partial charge in [0, 0.05) is 11.6 Å². The molecule has 0 atom stereocenters. The van der Waals surface area contributed by atoms with Crippen molar-refractivity contribution in [3.05, 3.63) is 71.0 Å². The van der Waals surface area contributed by atoms with Gasteiger partial charge in [0.05, 0.1) is 17.9 Å². The zero-order chi connectivity index (χ0) is 19.9. The number of carbonyl (C=O) groups excluding carboxylic acids is 1. The lowest BCUT2D eigenvalue weighted by Gasteiger charge is -2.14. The minimum Gasteiger partial charge on any atom is -0.462 e. The summed E-state index contributed by atoms with van der Waals surface area (Å²) in [5.74, 6) is 0.426. The second-order valence-electron chi connectivity index (χ2n) is 5.82. The van der Waals surface area contributed by atoms with E-state index in [2.05, 4.69) is 20.6 Å². The Morgan fingerprint density at radius 1 is 1.11 bits per heavy atom. The zero-order valence-electron chi connectivity index (χ0n) is 15.3. The summed E-state index contributed by atoms with van der Waals surface area (Å²) in [7, 11) is 0. The molecule has 1 aromatic heterocycles. The van der Waals surface area contributed by atoms with Gasteiger partial charge in [-0.25, -0.2) is 14.8 Å². The second-order valence-corrected chi connectivity index (χ2v) is 6.23. The molecule has 8 heteroatoms. The summed E-state index contributed by atoms with van der Waals surface area (Å²) in [4.78, 5) is 20.5. The molecule has 0 aliphatic rings. The van der Waals surface area contributed by atoms with E-state index in [1.165, 1.54) is 6.33 Å². The van der Waals surface area contributed by atoms with E-state index in [4.69, 9.17) is 22.1 Å². The highest BCUT2D eigenvalue weighted by Crippen LogP contribution is 2.28. The Kier molecular flexibility index (Phi) is 6.29. The fraction of sp³-hybridized carbons (Fsp3) is 0.150. The lowest BCUT2D eigenvalue weighted by molar-refractivity contribution is 0.0527. The van der Waals surface area contributed by atoms with E-state index in [1.807, 2.05) is 24.3 Å². The number of aromatic nitrogens is 2. The van der Waals surface area contributed by atoms with Crippen molar-refractivity contribution in [1.82, 2.24) is 9.97 Å². The van der Waals surface area contributed by atoms with Gasteiger partial charge in [-0.1, -0.05) is 41.9 Å². The Morgan fingerprint density at radius 3 is 2.61 bits per heavy atom. The molecule has 4 N–H and O–H groups in total. The number of nitrogens with zero attached hydrogens (tertiary/aromatic N) is 2. The molecule has 0 fully saturated rings. The van der Waals surface area contributed by atoms with Crippen molar-refractivity contribution in [3.8, 4) is 0 Å². The molecule has 3 rings (SSSR count). The third-order valence-corrected chi connectivity index (χ3v) is 4.33. The Morgan fingerprint density at radius 2 is 1.82 bits per heavy atom. The van der Waals surface area contributed by atoms with Gasteiger partial charge in [0.2, 0.25) is 0 Å². The number of nitrogens with one attached hydrogen (secondary N) is 2. The maximum absolute atomic E-state index is 12.1. The van der Waals surface area contributed by atoms with Gasteiger partial charge in [0.25, 0.3) is 0 Å². The average Bonchev–Trinajstić information content (AvgIpc) is 2.70. The summed E-state index contributed by atoms with van der Waals surface area (Å²) in [6.45, 7) is 2.51. The molecule has 0 amide bonds. The smallest absolute Gasteiger partial charge is 0.340 e. The molecule has 1 heterocycles. The van der Waals surface area contributed by atoms with Crippen molar-refractivity contribution < 1.29 is 9.53 Å². The normalized spacial score (nSPS) is 10.4. The van der Waals surface area contributed by atoms with E-state index in [9.17, 15) is 4.79 Å². The van der Waals surface area contributed by atoms with E-state index in [1.54, 1.807) is 31.2 Å². The van der Waals surface area contributed by atoms with Crippen molar-refractivity contribution in [2.45, 2.75) is 13.5 Å². The van der Waals surface area contributed by atoms with Crippen LogP contribution in [0.25, 0.3) is 0 Å². The molecule has 0 aliphatic carbocycles. The van der Waals surface area contributed by atoms with Crippen LogP contribution in [0.5, 0.6) is 0 Å². The number of anilines is 4. The van der Waals surface area contributed by atoms with Crippen LogP contribution < -0.4 is 16.4 Å². The number of benzene rings is 2. The SMILES string of the molecule is CCOC(=O)c1ccccc1Nc1ncnc(NCc2ccccc2Cl)c1N. The van der Waals surface area contributed by atoms with Crippen LogP contribution in [0.1, 0.15) is 22.8 Å². The number of hydrogen-bond donors (Lipinski definition) is 3. The first kappa shape index (κ1) is 19.4. The lowest BCUT2D eigenvalue weighted by atomic mass is 10.1. The highest BCUT2D eigenvalue weighted by Gasteiger charge is 2.15.